The number of benzene rings is 1. The molecule has 2 N–H and O–H groups in total. The first kappa shape index (κ1) is 21.7. The molecule has 1 aromatic carbocycles. The number of carbonyl (C=O) groups excluding carboxylic acids is 1. The molecule has 0 aliphatic heterocycles. The van der Waals surface area contributed by atoms with Gasteiger partial charge in [0.25, 0.3) is 0 Å². The summed E-state index contributed by atoms with van der Waals surface area (Å²) in [5.74, 6) is 1.40. The summed E-state index contributed by atoms with van der Waals surface area (Å²) in [6.45, 7) is 10.1. The summed E-state index contributed by atoms with van der Waals surface area (Å²) in [7, 11) is 1.82. The largest absolute Gasteiger partial charge is 0.493 e. The van der Waals surface area contributed by atoms with Crippen LogP contribution in [0.3, 0.4) is 0 Å². The second-order valence-corrected chi connectivity index (χ2v) is 6.94. The Hall–Kier alpha value is -1.26. The Bertz CT molecular complexity index is 472. The van der Waals surface area contributed by atoms with Gasteiger partial charge in [-0.3, -0.25) is 4.79 Å². The second kappa shape index (κ2) is 9.78. The summed E-state index contributed by atoms with van der Waals surface area (Å²) in [4.78, 5) is 13.8. The van der Waals surface area contributed by atoms with E-state index in [9.17, 15) is 4.79 Å². The minimum Gasteiger partial charge on any atom is -0.493 e. The lowest BCUT2D eigenvalue weighted by atomic mass is 9.93. The van der Waals surface area contributed by atoms with Crippen molar-refractivity contribution in [3.8, 4) is 5.75 Å². The van der Waals surface area contributed by atoms with E-state index in [-0.39, 0.29) is 23.7 Å². The van der Waals surface area contributed by atoms with Crippen LogP contribution in [0.2, 0.25) is 0 Å². The summed E-state index contributed by atoms with van der Waals surface area (Å²) in [6.07, 6.45) is 0.378. The van der Waals surface area contributed by atoms with Gasteiger partial charge in [-0.2, -0.15) is 0 Å². The third kappa shape index (κ3) is 7.71. The maximum atomic E-state index is 12.1. The molecule has 1 amide bonds. The first-order valence-corrected chi connectivity index (χ1v) is 7.92. The highest BCUT2D eigenvalue weighted by atomic mass is 35.5. The van der Waals surface area contributed by atoms with Gasteiger partial charge >= 0.3 is 0 Å². The molecule has 1 rings (SSSR count). The molecule has 0 unspecified atom stereocenters. The van der Waals surface area contributed by atoms with Gasteiger partial charge in [0.2, 0.25) is 5.91 Å². The quantitative estimate of drug-likeness (QED) is 0.787. The van der Waals surface area contributed by atoms with Crippen molar-refractivity contribution < 1.29 is 9.53 Å². The lowest BCUT2D eigenvalue weighted by Gasteiger charge is -2.29. The molecule has 0 atom stereocenters. The Morgan fingerprint density at radius 2 is 1.83 bits per heavy atom. The normalized spacial score (nSPS) is 11.1. The van der Waals surface area contributed by atoms with Gasteiger partial charge in [0.15, 0.2) is 0 Å². The summed E-state index contributed by atoms with van der Waals surface area (Å²) < 4.78 is 5.65. The highest BCUT2D eigenvalue weighted by molar-refractivity contribution is 5.85. The summed E-state index contributed by atoms with van der Waals surface area (Å²) in [6, 6.07) is 8.05. The van der Waals surface area contributed by atoms with Gasteiger partial charge in [-0.05, 0) is 35.6 Å². The molecule has 23 heavy (non-hydrogen) atoms. The molecule has 0 aliphatic carbocycles. The fourth-order valence-corrected chi connectivity index (χ4v) is 2.19. The van der Waals surface area contributed by atoms with Crippen molar-refractivity contribution in [1.29, 1.82) is 0 Å². The number of hydrogen-bond donors (Lipinski definition) is 1. The molecular formula is C18H31ClN2O2. The van der Waals surface area contributed by atoms with E-state index < -0.39 is 0 Å². The van der Waals surface area contributed by atoms with E-state index in [1.54, 1.807) is 4.90 Å². The van der Waals surface area contributed by atoms with Crippen molar-refractivity contribution in [3.05, 3.63) is 29.8 Å². The van der Waals surface area contributed by atoms with Gasteiger partial charge < -0.3 is 15.4 Å². The maximum absolute atomic E-state index is 12.1. The average molecular weight is 343 g/mol. The summed E-state index contributed by atoms with van der Waals surface area (Å²) in [5.41, 5.74) is 6.93. The van der Waals surface area contributed by atoms with Crippen LogP contribution in [0.15, 0.2) is 24.3 Å². The van der Waals surface area contributed by atoms with Crippen LogP contribution >= 0.6 is 12.4 Å². The van der Waals surface area contributed by atoms with Crippen LogP contribution in [0.1, 0.15) is 45.6 Å². The topological polar surface area (TPSA) is 55.6 Å². The highest BCUT2D eigenvalue weighted by Crippen LogP contribution is 2.19. The lowest BCUT2D eigenvalue weighted by molar-refractivity contribution is -0.131. The zero-order valence-electron chi connectivity index (χ0n) is 15.0. The van der Waals surface area contributed by atoms with Crippen molar-refractivity contribution in [2.24, 2.45) is 11.1 Å². The molecular weight excluding hydrogens is 312 g/mol. The van der Waals surface area contributed by atoms with Crippen LogP contribution in [-0.2, 0) is 4.79 Å². The predicted octanol–water partition coefficient (Wildman–Crippen LogP) is 3.44. The van der Waals surface area contributed by atoms with Crippen molar-refractivity contribution >= 4 is 18.3 Å². The Morgan fingerprint density at radius 1 is 1.26 bits per heavy atom. The van der Waals surface area contributed by atoms with Gasteiger partial charge in [-0.15, -0.1) is 12.4 Å². The number of rotatable bonds is 8. The Morgan fingerprint density at radius 3 is 2.30 bits per heavy atom. The molecule has 1 aromatic rings. The molecule has 0 aliphatic rings. The van der Waals surface area contributed by atoms with E-state index in [2.05, 4.69) is 39.8 Å². The smallest absolute Gasteiger partial charge is 0.225 e. The van der Waals surface area contributed by atoms with Crippen molar-refractivity contribution in [2.75, 3.05) is 26.7 Å². The molecule has 5 heteroatoms. The Kier molecular flexibility index (Phi) is 9.25. The number of amides is 1. The van der Waals surface area contributed by atoms with E-state index in [0.717, 1.165) is 5.75 Å². The molecule has 4 nitrogen and oxygen atoms in total. The molecule has 0 aromatic heterocycles. The number of ether oxygens (including phenoxy) is 1. The standard InChI is InChI=1S/C18H30N2O2.ClH/c1-14(2)15-6-8-16(9-7-15)22-11-10-17(21)20(5)13-18(3,4)12-19;/h6-9,14H,10-13,19H2,1-5H3;1H. The van der Waals surface area contributed by atoms with E-state index in [1.165, 1.54) is 5.56 Å². The van der Waals surface area contributed by atoms with Crippen LogP contribution in [0, 0.1) is 5.41 Å². The number of halogens is 1. The fraction of sp³-hybridized carbons (Fsp3) is 0.611. The summed E-state index contributed by atoms with van der Waals surface area (Å²) in [5, 5.41) is 0. The zero-order valence-corrected chi connectivity index (χ0v) is 15.8. The minimum atomic E-state index is -0.0576. The van der Waals surface area contributed by atoms with Crippen molar-refractivity contribution in [3.63, 3.8) is 0 Å². The third-order valence-electron chi connectivity index (χ3n) is 3.77. The van der Waals surface area contributed by atoms with Crippen molar-refractivity contribution in [2.45, 2.75) is 40.0 Å². The van der Waals surface area contributed by atoms with E-state index >= 15 is 0 Å². The van der Waals surface area contributed by atoms with Gasteiger partial charge in [0, 0.05) is 13.6 Å². The molecule has 0 bridgehead atoms. The molecule has 0 fully saturated rings. The molecule has 0 saturated carbocycles. The lowest BCUT2D eigenvalue weighted by Crippen LogP contribution is -2.40. The molecule has 132 valence electrons. The van der Waals surface area contributed by atoms with Gasteiger partial charge in [-0.1, -0.05) is 39.8 Å². The SMILES string of the molecule is CC(C)c1ccc(OCCC(=O)N(C)CC(C)(C)CN)cc1.Cl. The van der Waals surface area contributed by atoms with Crippen LogP contribution in [-0.4, -0.2) is 37.6 Å². The maximum Gasteiger partial charge on any atom is 0.225 e. The second-order valence-electron chi connectivity index (χ2n) is 6.94. The first-order chi connectivity index (χ1) is 10.2. The number of hydrogen-bond acceptors (Lipinski definition) is 3. The van der Waals surface area contributed by atoms with E-state index in [1.807, 2.05) is 19.2 Å². The number of carbonyl (C=O) groups is 1. The Balaban J connectivity index is 0.00000484. The predicted molar refractivity (Wildman–Crippen MR) is 98.4 cm³/mol. The average Bonchev–Trinajstić information content (AvgIpc) is 2.47. The van der Waals surface area contributed by atoms with Crippen molar-refractivity contribution in [1.82, 2.24) is 4.90 Å². The Labute approximate surface area is 146 Å². The zero-order chi connectivity index (χ0) is 16.8. The first-order valence-electron chi connectivity index (χ1n) is 7.92. The third-order valence-corrected chi connectivity index (χ3v) is 3.77. The van der Waals surface area contributed by atoms with Gasteiger partial charge in [-0.25, -0.2) is 0 Å². The van der Waals surface area contributed by atoms with Gasteiger partial charge in [0.05, 0.1) is 13.0 Å². The van der Waals surface area contributed by atoms with E-state index in [4.69, 9.17) is 10.5 Å². The molecule has 0 spiro atoms. The highest BCUT2D eigenvalue weighted by Gasteiger charge is 2.20. The minimum absolute atomic E-state index is 0. The molecule has 0 saturated heterocycles. The van der Waals surface area contributed by atoms with Crippen LogP contribution in [0.25, 0.3) is 0 Å². The van der Waals surface area contributed by atoms with Crippen LogP contribution < -0.4 is 10.5 Å². The summed E-state index contributed by atoms with van der Waals surface area (Å²) >= 11 is 0. The van der Waals surface area contributed by atoms with Gasteiger partial charge in [0.1, 0.15) is 5.75 Å². The van der Waals surface area contributed by atoms with E-state index in [0.29, 0.717) is 32.0 Å². The van der Waals surface area contributed by atoms with Crippen LogP contribution in [0.4, 0.5) is 0 Å². The van der Waals surface area contributed by atoms with Crippen LogP contribution in [0.5, 0.6) is 5.75 Å². The molecule has 0 radical (unpaired) electrons. The number of nitrogens with zero attached hydrogens (tertiary/aromatic N) is 1. The monoisotopic (exact) mass is 342 g/mol. The number of nitrogens with two attached hydrogens (primary N) is 1. The fourth-order valence-electron chi connectivity index (χ4n) is 2.19. The molecule has 0 heterocycles.